The number of esters is 1. The number of benzene rings is 1. The molecule has 0 fully saturated rings. The fourth-order valence-electron chi connectivity index (χ4n) is 2.46. The third kappa shape index (κ3) is 8.01. The third-order valence-electron chi connectivity index (χ3n) is 3.81. The summed E-state index contributed by atoms with van der Waals surface area (Å²) in [7, 11) is 0. The third-order valence-corrected chi connectivity index (χ3v) is 3.81. The van der Waals surface area contributed by atoms with Crippen LogP contribution < -0.4 is 0 Å². The summed E-state index contributed by atoms with van der Waals surface area (Å²) >= 11 is 0. The summed E-state index contributed by atoms with van der Waals surface area (Å²) in [6.07, 6.45) is 3.63. The van der Waals surface area contributed by atoms with Gasteiger partial charge in [0.05, 0.1) is 13.0 Å². The van der Waals surface area contributed by atoms with E-state index in [1.807, 2.05) is 18.2 Å². The van der Waals surface area contributed by atoms with Gasteiger partial charge in [0.15, 0.2) is 0 Å². The van der Waals surface area contributed by atoms with Crippen molar-refractivity contribution in [1.29, 1.82) is 0 Å². The van der Waals surface area contributed by atoms with Crippen molar-refractivity contribution >= 4 is 18.0 Å². The lowest BCUT2D eigenvalue weighted by Crippen LogP contribution is -2.35. The lowest BCUT2D eigenvalue weighted by molar-refractivity contribution is -0.143. The highest BCUT2D eigenvalue weighted by atomic mass is 16.5. The SMILES string of the molecule is CCOC(=O)CCN(CC(C)C)C(=O)/C=C/c1ccc(C(C)C)cc1. The van der Waals surface area contributed by atoms with E-state index < -0.39 is 0 Å². The van der Waals surface area contributed by atoms with Crippen LogP contribution in [0.25, 0.3) is 6.08 Å². The number of ether oxygens (including phenoxy) is 1. The summed E-state index contributed by atoms with van der Waals surface area (Å²) in [4.78, 5) is 25.7. The molecule has 4 nitrogen and oxygen atoms in total. The van der Waals surface area contributed by atoms with E-state index in [1.165, 1.54) is 5.56 Å². The average molecular weight is 345 g/mol. The fraction of sp³-hybridized carbons (Fsp3) is 0.524. The van der Waals surface area contributed by atoms with Crippen LogP contribution >= 0.6 is 0 Å². The van der Waals surface area contributed by atoms with Crippen molar-refractivity contribution < 1.29 is 14.3 Å². The van der Waals surface area contributed by atoms with Crippen LogP contribution in [0.5, 0.6) is 0 Å². The highest BCUT2D eigenvalue weighted by Gasteiger charge is 2.14. The van der Waals surface area contributed by atoms with Gasteiger partial charge in [0.1, 0.15) is 0 Å². The highest BCUT2D eigenvalue weighted by molar-refractivity contribution is 5.92. The van der Waals surface area contributed by atoms with Crippen molar-refractivity contribution in [2.45, 2.75) is 47.0 Å². The molecular formula is C21H31NO3. The summed E-state index contributed by atoms with van der Waals surface area (Å²) < 4.78 is 4.94. The molecule has 4 heteroatoms. The van der Waals surface area contributed by atoms with E-state index in [-0.39, 0.29) is 18.3 Å². The van der Waals surface area contributed by atoms with E-state index in [1.54, 1.807) is 17.9 Å². The number of amides is 1. The highest BCUT2D eigenvalue weighted by Crippen LogP contribution is 2.15. The molecule has 0 unspecified atom stereocenters. The van der Waals surface area contributed by atoms with Gasteiger partial charge in [-0.1, -0.05) is 52.0 Å². The minimum atomic E-state index is -0.266. The van der Waals surface area contributed by atoms with Crippen LogP contribution in [0.1, 0.15) is 58.1 Å². The predicted molar refractivity (Wildman–Crippen MR) is 102 cm³/mol. The van der Waals surface area contributed by atoms with E-state index >= 15 is 0 Å². The molecule has 0 atom stereocenters. The first-order valence-corrected chi connectivity index (χ1v) is 9.06. The standard InChI is InChI=1S/C21H31NO3/c1-6-25-21(24)13-14-22(15-16(2)3)20(23)12-9-18-7-10-19(11-8-18)17(4)5/h7-12,16-17H,6,13-15H2,1-5H3/b12-9+. The molecule has 0 aliphatic carbocycles. The minimum absolute atomic E-state index is 0.0778. The fourth-order valence-corrected chi connectivity index (χ4v) is 2.46. The molecule has 25 heavy (non-hydrogen) atoms. The number of rotatable bonds is 9. The van der Waals surface area contributed by atoms with Gasteiger partial charge < -0.3 is 9.64 Å². The Bertz CT molecular complexity index is 573. The van der Waals surface area contributed by atoms with E-state index in [0.29, 0.717) is 31.5 Å². The van der Waals surface area contributed by atoms with Crippen LogP contribution in [0.3, 0.4) is 0 Å². The largest absolute Gasteiger partial charge is 0.466 e. The number of hydrogen-bond acceptors (Lipinski definition) is 3. The summed E-state index contributed by atoms with van der Waals surface area (Å²) in [5.74, 6) is 0.484. The zero-order chi connectivity index (χ0) is 18.8. The first-order chi connectivity index (χ1) is 11.8. The van der Waals surface area contributed by atoms with Crippen LogP contribution in [0.15, 0.2) is 30.3 Å². The Kier molecular flexibility index (Phi) is 8.96. The second-order valence-electron chi connectivity index (χ2n) is 6.89. The molecule has 0 aromatic heterocycles. The van der Waals surface area contributed by atoms with Gasteiger partial charge in [-0.2, -0.15) is 0 Å². The van der Waals surface area contributed by atoms with Crippen molar-refractivity contribution in [3.63, 3.8) is 0 Å². The van der Waals surface area contributed by atoms with Gasteiger partial charge >= 0.3 is 5.97 Å². The maximum absolute atomic E-state index is 12.5. The van der Waals surface area contributed by atoms with Crippen LogP contribution in [-0.2, 0) is 14.3 Å². The zero-order valence-electron chi connectivity index (χ0n) is 16.1. The average Bonchev–Trinajstić information content (AvgIpc) is 2.56. The van der Waals surface area contributed by atoms with Gasteiger partial charge in [-0.3, -0.25) is 9.59 Å². The molecule has 1 rings (SSSR count). The monoisotopic (exact) mass is 345 g/mol. The van der Waals surface area contributed by atoms with Gasteiger partial charge in [0, 0.05) is 19.2 Å². The molecule has 0 radical (unpaired) electrons. The normalized spacial score (nSPS) is 11.3. The maximum atomic E-state index is 12.5. The van der Waals surface area contributed by atoms with E-state index in [9.17, 15) is 9.59 Å². The molecule has 0 bridgehead atoms. The molecule has 0 aliphatic rings. The summed E-state index contributed by atoms with van der Waals surface area (Å²) in [5, 5.41) is 0. The topological polar surface area (TPSA) is 46.6 Å². The lowest BCUT2D eigenvalue weighted by Gasteiger charge is -2.23. The first kappa shape index (κ1) is 20.9. The van der Waals surface area contributed by atoms with Crippen molar-refractivity contribution in [1.82, 2.24) is 4.90 Å². The molecule has 0 spiro atoms. The molecule has 0 heterocycles. The summed E-state index contributed by atoms with van der Waals surface area (Å²) in [5.41, 5.74) is 2.27. The molecule has 1 amide bonds. The molecular weight excluding hydrogens is 314 g/mol. The van der Waals surface area contributed by atoms with Crippen LogP contribution in [-0.4, -0.2) is 36.5 Å². The Morgan fingerprint density at radius 3 is 2.28 bits per heavy atom. The smallest absolute Gasteiger partial charge is 0.307 e. The van der Waals surface area contributed by atoms with Crippen molar-refractivity contribution in [2.75, 3.05) is 19.7 Å². The van der Waals surface area contributed by atoms with Gasteiger partial charge in [0.2, 0.25) is 5.91 Å². The van der Waals surface area contributed by atoms with E-state index in [2.05, 4.69) is 39.8 Å². The van der Waals surface area contributed by atoms with Crippen molar-refractivity contribution in [2.24, 2.45) is 5.92 Å². The molecule has 0 saturated heterocycles. The van der Waals surface area contributed by atoms with Gasteiger partial charge in [-0.15, -0.1) is 0 Å². The van der Waals surface area contributed by atoms with Crippen molar-refractivity contribution in [3.05, 3.63) is 41.5 Å². The Balaban J connectivity index is 2.70. The molecule has 0 saturated carbocycles. The Morgan fingerprint density at radius 2 is 1.76 bits per heavy atom. The number of carbonyl (C=O) groups excluding carboxylic acids is 2. The molecule has 138 valence electrons. The zero-order valence-corrected chi connectivity index (χ0v) is 16.1. The second kappa shape index (κ2) is 10.7. The van der Waals surface area contributed by atoms with Crippen LogP contribution in [0.4, 0.5) is 0 Å². The molecule has 1 aromatic carbocycles. The van der Waals surface area contributed by atoms with Crippen molar-refractivity contribution in [3.8, 4) is 0 Å². The Labute approximate surface area is 151 Å². The second-order valence-corrected chi connectivity index (χ2v) is 6.89. The molecule has 1 aromatic rings. The van der Waals surface area contributed by atoms with E-state index in [0.717, 1.165) is 5.56 Å². The number of nitrogens with zero attached hydrogens (tertiary/aromatic N) is 1. The summed E-state index contributed by atoms with van der Waals surface area (Å²) in [6, 6.07) is 8.21. The van der Waals surface area contributed by atoms with Crippen LogP contribution in [0.2, 0.25) is 0 Å². The van der Waals surface area contributed by atoms with E-state index in [4.69, 9.17) is 4.74 Å². The summed E-state index contributed by atoms with van der Waals surface area (Å²) in [6.45, 7) is 11.6. The number of hydrogen-bond donors (Lipinski definition) is 0. The van der Waals surface area contributed by atoms with Crippen LogP contribution in [0, 0.1) is 5.92 Å². The molecule has 0 aliphatic heterocycles. The number of carbonyl (C=O) groups is 2. The molecule has 0 N–H and O–H groups in total. The van der Waals surface area contributed by atoms with Gasteiger partial charge in [-0.05, 0) is 36.0 Å². The predicted octanol–water partition coefficient (Wildman–Crippen LogP) is 4.26. The Hall–Kier alpha value is -2.10. The lowest BCUT2D eigenvalue weighted by atomic mass is 10.0. The van der Waals surface area contributed by atoms with Gasteiger partial charge in [-0.25, -0.2) is 0 Å². The minimum Gasteiger partial charge on any atom is -0.466 e. The quantitative estimate of drug-likeness (QED) is 0.496. The van der Waals surface area contributed by atoms with Gasteiger partial charge in [0.25, 0.3) is 0 Å². The Morgan fingerprint density at radius 1 is 1.12 bits per heavy atom. The maximum Gasteiger partial charge on any atom is 0.307 e. The first-order valence-electron chi connectivity index (χ1n) is 9.06.